The topological polar surface area (TPSA) is 72.6 Å². The molecule has 4 nitrogen and oxygen atoms in total. The van der Waals surface area contributed by atoms with E-state index in [0.717, 1.165) is 6.42 Å². The Hall–Kier alpha value is -0.610. The van der Waals surface area contributed by atoms with Gasteiger partial charge in [-0.15, -0.1) is 0 Å². The van der Waals surface area contributed by atoms with Crippen LogP contribution in [0.15, 0.2) is 0 Å². The molecule has 9 heavy (non-hydrogen) atoms. The van der Waals surface area contributed by atoms with Crippen LogP contribution in [-0.4, -0.2) is 17.8 Å². The van der Waals surface area contributed by atoms with E-state index < -0.39 is 5.97 Å². The van der Waals surface area contributed by atoms with Crippen molar-refractivity contribution in [3.63, 3.8) is 0 Å². The van der Waals surface area contributed by atoms with Crippen LogP contribution in [0.5, 0.6) is 0 Å². The molecule has 0 fully saturated rings. The van der Waals surface area contributed by atoms with E-state index in [1.807, 2.05) is 0 Å². The Morgan fingerprint density at radius 1 is 1.56 bits per heavy atom. The van der Waals surface area contributed by atoms with Gasteiger partial charge < -0.3 is 10.6 Å². The van der Waals surface area contributed by atoms with Gasteiger partial charge in [-0.05, 0) is 19.4 Å². The van der Waals surface area contributed by atoms with Crippen molar-refractivity contribution in [2.24, 2.45) is 5.73 Å². The first-order valence-electron chi connectivity index (χ1n) is 2.85. The number of carbonyl (C=O) groups is 1. The molecule has 0 aromatic carbocycles. The Morgan fingerprint density at radius 2 is 2.22 bits per heavy atom. The molecule has 54 valence electrons. The van der Waals surface area contributed by atoms with E-state index in [1.165, 1.54) is 0 Å². The Morgan fingerprint density at radius 3 is 2.67 bits per heavy atom. The summed E-state index contributed by atoms with van der Waals surface area (Å²) in [6.07, 6.45) is 1.71. The minimum Gasteiger partial charge on any atom is -0.330 e. The lowest BCUT2D eigenvalue weighted by Gasteiger charge is -1.93. The van der Waals surface area contributed by atoms with Crippen LogP contribution < -0.4 is 5.73 Å². The van der Waals surface area contributed by atoms with E-state index in [9.17, 15) is 4.79 Å². The van der Waals surface area contributed by atoms with Gasteiger partial charge >= 0.3 is 5.97 Å². The summed E-state index contributed by atoms with van der Waals surface area (Å²) in [5, 5.41) is 7.75. The van der Waals surface area contributed by atoms with Gasteiger partial charge in [-0.1, -0.05) is 0 Å². The second kappa shape index (κ2) is 5.53. The number of hydrogen-bond acceptors (Lipinski definition) is 4. The number of rotatable bonds is 4. The molecule has 0 amide bonds. The highest BCUT2D eigenvalue weighted by Gasteiger charge is 1.98. The van der Waals surface area contributed by atoms with Crippen molar-refractivity contribution in [2.75, 3.05) is 6.54 Å². The lowest BCUT2D eigenvalue weighted by atomic mass is 10.2. The van der Waals surface area contributed by atoms with Crippen LogP contribution in [0.2, 0.25) is 0 Å². The molecule has 4 heteroatoms. The van der Waals surface area contributed by atoms with Crippen molar-refractivity contribution in [1.82, 2.24) is 0 Å². The van der Waals surface area contributed by atoms with E-state index in [2.05, 4.69) is 4.89 Å². The predicted octanol–water partition coefficient (Wildman–Crippen LogP) is 0.132. The van der Waals surface area contributed by atoms with Crippen molar-refractivity contribution >= 4 is 5.97 Å². The van der Waals surface area contributed by atoms with Gasteiger partial charge in [0.25, 0.3) is 0 Å². The third-order valence-corrected chi connectivity index (χ3v) is 0.937. The lowest BCUT2D eigenvalue weighted by molar-refractivity contribution is -0.234. The summed E-state index contributed by atoms with van der Waals surface area (Å²) in [6.45, 7) is 0.568. The average molecular weight is 133 g/mol. The van der Waals surface area contributed by atoms with Crippen LogP contribution in [0.25, 0.3) is 0 Å². The van der Waals surface area contributed by atoms with E-state index in [4.69, 9.17) is 11.0 Å². The maximum atomic E-state index is 10.2. The molecule has 0 heterocycles. The fourth-order valence-corrected chi connectivity index (χ4v) is 0.459. The number of nitrogens with two attached hydrogens (primary N) is 1. The molecule has 0 unspecified atom stereocenters. The van der Waals surface area contributed by atoms with Crippen molar-refractivity contribution in [2.45, 2.75) is 19.3 Å². The molecule has 0 aromatic heterocycles. The Labute approximate surface area is 53.5 Å². The van der Waals surface area contributed by atoms with Gasteiger partial charge in [0.15, 0.2) is 0 Å². The highest BCUT2D eigenvalue weighted by atomic mass is 17.1. The summed E-state index contributed by atoms with van der Waals surface area (Å²) in [5.74, 6) is -0.594. The minimum atomic E-state index is -0.594. The third-order valence-electron chi connectivity index (χ3n) is 0.937. The summed E-state index contributed by atoms with van der Waals surface area (Å²) in [6, 6.07) is 0. The van der Waals surface area contributed by atoms with Crippen molar-refractivity contribution in [1.29, 1.82) is 0 Å². The van der Waals surface area contributed by atoms with E-state index in [-0.39, 0.29) is 6.42 Å². The first-order chi connectivity index (χ1) is 4.31. The first kappa shape index (κ1) is 8.39. The Kier molecular flexibility index (Phi) is 5.15. The fourth-order valence-electron chi connectivity index (χ4n) is 0.459. The van der Waals surface area contributed by atoms with Gasteiger partial charge in [0, 0.05) is 6.42 Å². The molecular weight excluding hydrogens is 122 g/mol. The zero-order chi connectivity index (χ0) is 7.11. The maximum Gasteiger partial charge on any atom is 0.342 e. The largest absolute Gasteiger partial charge is 0.342 e. The van der Waals surface area contributed by atoms with Crippen LogP contribution in [-0.2, 0) is 9.68 Å². The van der Waals surface area contributed by atoms with Crippen LogP contribution in [0.1, 0.15) is 19.3 Å². The summed E-state index contributed by atoms with van der Waals surface area (Å²) in [5.41, 5.74) is 5.14. The fraction of sp³-hybridized carbons (Fsp3) is 0.800. The molecule has 0 spiro atoms. The van der Waals surface area contributed by atoms with Crippen LogP contribution in [0.4, 0.5) is 0 Å². The molecule has 0 saturated heterocycles. The molecule has 0 radical (unpaired) electrons. The second-order valence-corrected chi connectivity index (χ2v) is 1.71. The normalized spacial score (nSPS) is 9.11. The van der Waals surface area contributed by atoms with Gasteiger partial charge in [0.1, 0.15) is 0 Å². The van der Waals surface area contributed by atoms with Gasteiger partial charge in [-0.25, -0.2) is 4.79 Å². The summed E-state index contributed by atoms with van der Waals surface area (Å²) >= 11 is 0. The van der Waals surface area contributed by atoms with Crippen molar-refractivity contribution < 1.29 is 14.9 Å². The van der Waals surface area contributed by atoms with E-state index in [1.54, 1.807) is 0 Å². The van der Waals surface area contributed by atoms with E-state index >= 15 is 0 Å². The first-order valence-corrected chi connectivity index (χ1v) is 2.85. The second-order valence-electron chi connectivity index (χ2n) is 1.71. The molecule has 3 N–H and O–H groups in total. The van der Waals surface area contributed by atoms with E-state index in [0.29, 0.717) is 13.0 Å². The third kappa shape index (κ3) is 5.26. The lowest BCUT2D eigenvalue weighted by Crippen LogP contribution is -2.03. The Balaban J connectivity index is 2.97. The zero-order valence-corrected chi connectivity index (χ0v) is 5.17. The Bertz CT molecular complexity index is 84.3. The highest BCUT2D eigenvalue weighted by Crippen LogP contribution is 1.93. The predicted molar refractivity (Wildman–Crippen MR) is 31.6 cm³/mol. The quantitative estimate of drug-likeness (QED) is 0.325. The summed E-state index contributed by atoms with van der Waals surface area (Å²) in [7, 11) is 0. The molecule has 0 bridgehead atoms. The SMILES string of the molecule is NCCCCC(=O)OO. The number of carbonyl (C=O) groups excluding carboxylic acids is 1. The van der Waals surface area contributed by atoms with Crippen LogP contribution in [0.3, 0.4) is 0 Å². The summed E-state index contributed by atoms with van der Waals surface area (Å²) < 4.78 is 0. The number of unbranched alkanes of at least 4 members (excludes halogenated alkanes) is 1. The van der Waals surface area contributed by atoms with Crippen LogP contribution in [0, 0.1) is 0 Å². The molecular formula is C5H11NO3. The highest BCUT2D eigenvalue weighted by molar-refractivity contribution is 5.68. The molecule has 0 atom stereocenters. The smallest absolute Gasteiger partial charge is 0.330 e. The minimum absolute atomic E-state index is 0.244. The van der Waals surface area contributed by atoms with Crippen molar-refractivity contribution in [3.8, 4) is 0 Å². The van der Waals surface area contributed by atoms with Gasteiger partial charge in [-0.2, -0.15) is 5.26 Å². The average Bonchev–Trinajstić information content (AvgIpc) is 1.89. The van der Waals surface area contributed by atoms with Gasteiger partial charge in [0.2, 0.25) is 0 Å². The molecule has 0 aromatic rings. The zero-order valence-electron chi connectivity index (χ0n) is 5.17. The van der Waals surface area contributed by atoms with Crippen molar-refractivity contribution in [3.05, 3.63) is 0 Å². The van der Waals surface area contributed by atoms with Crippen LogP contribution >= 0.6 is 0 Å². The summed E-state index contributed by atoms with van der Waals surface area (Å²) in [4.78, 5) is 13.6. The molecule has 0 saturated carbocycles. The molecule has 0 aliphatic carbocycles. The maximum absolute atomic E-state index is 10.2. The van der Waals surface area contributed by atoms with Gasteiger partial charge in [-0.3, -0.25) is 0 Å². The van der Waals surface area contributed by atoms with Gasteiger partial charge in [0.05, 0.1) is 0 Å². The number of hydrogen-bond donors (Lipinski definition) is 2. The monoisotopic (exact) mass is 133 g/mol. The molecule has 0 aliphatic rings. The molecule has 0 aliphatic heterocycles. The molecule has 0 rings (SSSR count). The standard InChI is InChI=1S/C5H11NO3/c6-4-2-1-3-5(7)9-8/h8H,1-4,6H2.